The molecule has 0 aromatic heterocycles. The number of carbonyl (C=O) groups is 1. The molecule has 138 valence electrons. The molecule has 4 aliphatic carbocycles. The van der Waals surface area contributed by atoms with E-state index in [0.29, 0.717) is 6.42 Å². The normalized spacial score (nSPS) is 36.2. The summed E-state index contributed by atoms with van der Waals surface area (Å²) in [5.41, 5.74) is 4.67. The topological polar surface area (TPSA) is 41.5 Å². The van der Waals surface area contributed by atoms with E-state index in [0.717, 1.165) is 46.1 Å². The number of carbonyl (C=O) groups excluding carboxylic acids is 1. The first kappa shape index (κ1) is 16.8. The first-order valence-electron chi connectivity index (χ1n) is 9.87. The van der Waals surface area contributed by atoms with E-state index < -0.39 is 0 Å². The van der Waals surface area contributed by atoms with Gasteiger partial charge in [-0.15, -0.1) is 11.8 Å². The number of thioether (sulfide) groups is 1. The molecule has 0 radical (unpaired) electrons. The molecule has 0 spiro atoms. The Labute approximate surface area is 158 Å². The lowest BCUT2D eigenvalue weighted by molar-refractivity contribution is -0.129. The largest absolute Gasteiger partial charge is 0.273 e. The lowest BCUT2D eigenvalue weighted by Crippen LogP contribution is -2.47. The third-order valence-corrected chi connectivity index (χ3v) is 7.94. The first-order chi connectivity index (χ1) is 12.6. The van der Waals surface area contributed by atoms with Crippen LogP contribution in [0.3, 0.4) is 0 Å². The summed E-state index contributed by atoms with van der Waals surface area (Å²) in [7, 11) is 0. The molecule has 4 bridgehead atoms. The van der Waals surface area contributed by atoms with Crippen molar-refractivity contribution in [1.29, 1.82) is 0 Å². The molecule has 1 heterocycles. The van der Waals surface area contributed by atoms with E-state index in [-0.39, 0.29) is 17.1 Å². The highest BCUT2D eigenvalue weighted by Crippen LogP contribution is 2.61. The van der Waals surface area contributed by atoms with Gasteiger partial charge in [-0.2, -0.15) is 5.10 Å². The van der Waals surface area contributed by atoms with Gasteiger partial charge in [0.05, 0.1) is 5.71 Å². The molecule has 26 heavy (non-hydrogen) atoms. The smallest absolute Gasteiger partial charge is 0.240 e. The molecular formula is C21H25FN2OS. The fraction of sp³-hybridized carbons (Fsp3) is 0.619. The maximum absolute atomic E-state index is 13.6. The Kier molecular flexibility index (Phi) is 4.11. The van der Waals surface area contributed by atoms with Crippen LogP contribution in [0.4, 0.5) is 4.39 Å². The molecule has 5 aliphatic rings. The standard InChI is InChI=1S/C21H25FN2OS/c22-16-1-2-19-17(8-16)18(3-4-26-19)23-24-20(25)12-21-9-13-5-14(10-21)7-15(6-13)11-21/h1-2,8,13-15H,3-7,9-12H2,(H,24,25)/b23-18-. The van der Waals surface area contributed by atoms with Gasteiger partial charge in [-0.3, -0.25) is 4.79 Å². The molecule has 1 N–H and O–H groups in total. The number of nitrogens with one attached hydrogen (secondary N) is 1. The number of benzene rings is 1. The monoisotopic (exact) mass is 372 g/mol. The van der Waals surface area contributed by atoms with Crippen molar-refractivity contribution in [3.63, 3.8) is 0 Å². The van der Waals surface area contributed by atoms with E-state index in [4.69, 9.17) is 0 Å². The van der Waals surface area contributed by atoms with Gasteiger partial charge < -0.3 is 0 Å². The molecule has 3 nitrogen and oxygen atoms in total. The highest BCUT2D eigenvalue weighted by molar-refractivity contribution is 7.99. The number of hydrogen-bond donors (Lipinski definition) is 1. The number of hydrazone groups is 1. The van der Waals surface area contributed by atoms with Gasteiger partial charge in [0, 0.05) is 29.1 Å². The van der Waals surface area contributed by atoms with E-state index in [1.165, 1.54) is 50.7 Å². The van der Waals surface area contributed by atoms with E-state index in [2.05, 4.69) is 10.5 Å². The van der Waals surface area contributed by atoms with E-state index in [1.807, 2.05) is 0 Å². The number of rotatable bonds is 3. The second-order valence-electron chi connectivity index (χ2n) is 8.93. The van der Waals surface area contributed by atoms with Gasteiger partial charge in [0.15, 0.2) is 0 Å². The molecule has 1 aliphatic heterocycles. The van der Waals surface area contributed by atoms with Crippen LogP contribution in [0.1, 0.15) is 56.9 Å². The van der Waals surface area contributed by atoms with Crippen molar-refractivity contribution >= 4 is 23.4 Å². The van der Waals surface area contributed by atoms with E-state index >= 15 is 0 Å². The summed E-state index contributed by atoms with van der Waals surface area (Å²) in [5.74, 6) is 3.26. The fourth-order valence-corrected chi connectivity index (χ4v) is 7.39. The minimum Gasteiger partial charge on any atom is -0.273 e. The average Bonchev–Trinajstić information content (AvgIpc) is 2.58. The van der Waals surface area contributed by atoms with Gasteiger partial charge in [0.2, 0.25) is 5.91 Å². The zero-order valence-corrected chi connectivity index (χ0v) is 15.8. The van der Waals surface area contributed by atoms with Crippen LogP contribution >= 0.6 is 11.8 Å². The first-order valence-corrected chi connectivity index (χ1v) is 10.9. The van der Waals surface area contributed by atoms with Gasteiger partial charge in [-0.05, 0) is 79.9 Å². The third-order valence-electron chi connectivity index (χ3n) is 6.87. The van der Waals surface area contributed by atoms with Crippen LogP contribution in [-0.2, 0) is 4.79 Å². The summed E-state index contributed by atoms with van der Waals surface area (Å²) in [6.07, 6.45) is 9.24. The molecule has 0 atom stereocenters. The van der Waals surface area contributed by atoms with Crippen LogP contribution in [0.25, 0.3) is 0 Å². The molecule has 4 fully saturated rings. The van der Waals surface area contributed by atoms with Crippen LogP contribution < -0.4 is 5.43 Å². The Morgan fingerprint density at radius 1 is 1.19 bits per heavy atom. The van der Waals surface area contributed by atoms with Crippen molar-refractivity contribution in [1.82, 2.24) is 5.43 Å². The fourth-order valence-electron chi connectivity index (χ4n) is 6.38. The number of amides is 1. The molecule has 1 aromatic rings. The molecule has 5 heteroatoms. The van der Waals surface area contributed by atoms with Crippen LogP contribution in [0, 0.1) is 29.0 Å². The van der Waals surface area contributed by atoms with Gasteiger partial charge in [-0.25, -0.2) is 9.82 Å². The van der Waals surface area contributed by atoms with Gasteiger partial charge in [0.1, 0.15) is 5.82 Å². The Balaban J connectivity index is 1.29. The summed E-state index contributed by atoms with van der Waals surface area (Å²) in [4.78, 5) is 13.7. The van der Waals surface area contributed by atoms with Crippen molar-refractivity contribution in [3.05, 3.63) is 29.6 Å². The molecule has 1 amide bonds. The van der Waals surface area contributed by atoms with Crippen molar-refractivity contribution in [2.75, 3.05) is 5.75 Å². The molecule has 1 aromatic carbocycles. The summed E-state index contributed by atoms with van der Waals surface area (Å²) in [6, 6.07) is 4.83. The SMILES string of the molecule is O=C(CC12CC3CC(CC(C3)C1)C2)N/N=C1/CCSc2ccc(F)cc21. The van der Waals surface area contributed by atoms with Gasteiger partial charge in [0.25, 0.3) is 0 Å². The Morgan fingerprint density at radius 2 is 1.88 bits per heavy atom. The van der Waals surface area contributed by atoms with Gasteiger partial charge >= 0.3 is 0 Å². The average molecular weight is 373 g/mol. The van der Waals surface area contributed by atoms with Crippen LogP contribution in [0.15, 0.2) is 28.2 Å². The third kappa shape index (κ3) is 3.08. The van der Waals surface area contributed by atoms with Crippen LogP contribution in [0.5, 0.6) is 0 Å². The summed E-state index contributed by atoms with van der Waals surface area (Å²) < 4.78 is 13.6. The Bertz CT molecular complexity index is 740. The molecule has 6 rings (SSSR count). The highest BCUT2D eigenvalue weighted by Gasteiger charge is 2.51. The zero-order chi connectivity index (χ0) is 17.7. The zero-order valence-electron chi connectivity index (χ0n) is 15.0. The number of halogens is 1. The second kappa shape index (κ2) is 6.36. The number of nitrogens with zero attached hydrogens (tertiary/aromatic N) is 1. The summed E-state index contributed by atoms with van der Waals surface area (Å²) in [6.45, 7) is 0. The Morgan fingerprint density at radius 3 is 2.58 bits per heavy atom. The molecule has 0 saturated heterocycles. The highest BCUT2D eigenvalue weighted by atomic mass is 32.2. The summed E-state index contributed by atoms with van der Waals surface area (Å²) >= 11 is 1.72. The minimum atomic E-state index is -0.251. The van der Waals surface area contributed by atoms with E-state index in [1.54, 1.807) is 17.8 Å². The lowest BCUT2D eigenvalue weighted by Gasteiger charge is -2.56. The quantitative estimate of drug-likeness (QED) is 0.778. The predicted octanol–water partition coefficient (Wildman–Crippen LogP) is 4.75. The second-order valence-corrected chi connectivity index (χ2v) is 10.1. The van der Waals surface area contributed by atoms with E-state index in [9.17, 15) is 9.18 Å². The van der Waals surface area contributed by atoms with Crippen molar-refractivity contribution in [2.24, 2.45) is 28.3 Å². The number of hydrogen-bond acceptors (Lipinski definition) is 3. The number of fused-ring (bicyclic) bond motifs is 1. The predicted molar refractivity (Wildman–Crippen MR) is 102 cm³/mol. The molecule has 4 saturated carbocycles. The molecule has 0 unspecified atom stereocenters. The van der Waals surface area contributed by atoms with Crippen molar-refractivity contribution in [3.8, 4) is 0 Å². The summed E-state index contributed by atoms with van der Waals surface area (Å²) in [5, 5.41) is 4.40. The Hall–Kier alpha value is -1.36. The van der Waals surface area contributed by atoms with Crippen LogP contribution in [0.2, 0.25) is 0 Å². The van der Waals surface area contributed by atoms with Crippen molar-refractivity contribution in [2.45, 2.75) is 56.3 Å². The lowest BCUT2D eigenvalue weighted by atomic mass is 9.49. The maximum atomic E-state index is 13.6. The maximum Gasteiger partial charge on any atom is 0.240 e. The van der Waals surface area contributed by atoms with Crippen molar-refractivity contribution < 1.29 is 9.18 Å². The minimum absolute atomic E-state index is 0.0376. The van der Waals surface area contributed by atoms with Gasteiger partial charge in [-0.1, -0.05) is 0 Å². The van der Waals surface area contributed by atoms with Crippen LogP contribution in [-0.4, -0.2) is 17.4 Å². The molecular weight excluding hydrogens is 347 g/mol.